The molecule has 27 heavy (non-hydrogen) atoms. The minimum absolute atomic E-state index is 0.00262. The molecule has 0 aromatic heterocycles. The van der Waals surface area contributed by atoms with Gasteiger partial charge in [-0.15, -0.1) is 11.8 Å². The van der Waals surface area contributed by atoms with Crippen LogP contribution in [0, 0.1) is 0 Å². The van der Waals surface area contributed by atoms with E-state index in [0.29, 0.717) is 17.0 Å². The number of benzene rings is 1. The smallest absolute Gasteiger partial charge is 0.253 e. The first-order valence-corrected chi connectivity index (χ1v) is 10.8. The van der Waals surface area contributed by atoms with E-state index in [4.69, 9.17) is 0 Å². The number of thioether (sulfide) groups is 1. The fraction of sp³-hybridized carbons (Fsp3) is 0.550. The normalized spacial score (nSPS) is 20.0. The first kappa shape index (κ1) is 18.3. The second kappa shape index (κ2) is 7.92. The maximum absolute atomic E-state index is 12.7. The Morgan fingerprint density at radius 2 is 1.59 bits per heavy atom. The van der Waals surface area contributed by atoms with Gasteiger partial charge < -0.3 is 14.7 Å². The number of fused-ring (bicyclic) bond motifs is 1. The van der Waals surface area contributed by atoms with Crippen molar-refractivity contribution in [3.8, 4) is 0 Å². The highest BCUT2D eigenvalue weighted by Crippen LogP contribution is 2.36. The van der Waals surface area contributed by atoms with Crippen LogP contribution in [0.25, 0.3) is 0 Å². The fourth-order valence-electron chi connectivity index (χ4n) is 3.99. The van der Waals surface area contributed by atoms with Gasteiger partial charge in [-0.2, -0.15) is 0 Å². The van der Waals surface area contributed by atoms with E-state index in [0.717, 1.165) is 63.2 Å². The summed E-state index contributed by atoms with van der Waals surface area (Å²) in [6.07, 6.45) is 5.30. The molecular formula is C20H25N3O3S. The standard InChI is InChI=1S/C20H25N3O3S/c24-18(21-8-2-1-3-9-21)13-23-16-12-15(20(26)22-10-4-5-11-22)6-7-17(16)27-14-19(23)25/h6-7,12H,1-5,8-11,13-14H2. The van der Waals surface area contributed by atoms with Gasteiger partial charge in [0.1, 0.15) is 6.54 Å². The number of piperidine rings is 1. The Kier molecular flexibility index (Phi) is 5.38. The van der Waals surface area contributed by atoms with Crippen molar-refractivity contribution in [1.29, 1.82) is 0 Å². The molecule has 0 unspecified atom stereocenters. The minimum Gasteiger partial charge on any atom is -0.341 e. The van der Waals surface area contributed by atoms with Crippen molar-refractivity contribution < 1.29 is 14.4 Å². The zero-order valence-electron chi connectivity index (χ0n) is 15.5. The molecule has 0 spiro atoms. The molecule has 3 aliphatic rings. The summed E-state index contributed by atoms with van der Waals surface area (Å²) < 4.78 is 0. The van der Waals surface area contributed by atoms with Gasteiger partial charge in [0.05, 0.1) is 11.4 Å². The zero-order valence-corrected chi connectivity index (χ0v) is 16.3. The van der Waals surface area contributed by atoms with Crippen LogP contribution in [-0.4, -0.2) is 66.0 Å². The molecule has 7 heteroatoms. The molecule has 6 nitrogen and oxygen atoms in total. The molecule has 3 aliphatic heterocycles. The summed E-state index contributed by atoms with van der Waals surface area (Å²) in [7, 11) is 0. The summed E-state index contributed by atoms with van der Waals surface area (Å²) in [6.45, 7) is 3.20. The molecule has 3 amide bonds. The lowest BCUT2D eigenvalue weighted by Crippen LogP contribution is -2.46. The highest BCUT2D eigenvalue weighted by atomic mass is 32.2. The molecule has 0 atom stereocenters. The van der Waals surface area contributed by atoms with Gasteiger partial charge >= 0.3 is 0 Å². The lowest BCUT2D eigenvalue weighted by atomic mass is 10.1. The Labute approximate surface area is 163 Å². The van der Waals surface area contributed by atoms with Crippen LogP contribution in [0.2, 0.25) is 0 Å². The number of likely N-dealkylation sites (tertiary alicyclic amines) is 2. The van der Waals surface area contributed by atoms with Crippen molar-refractivity contribution in [1.82, 2.24) is 9.80 Å². The Morgan fingerprint density at radius 3 is 2.33 bits per heavy atom. The second-order valence-electron chi connectivity index (χ2n) is 7.39. The van der Waals surface area contributed by atoms with E-state index in [1.165, 1.54) is 11.8 Å². The van der Waals surface area contributed by atoms with Gasteiger partial charge in [0.15, 0.2) is 0 Å². The number of amides is 3. The molecule has 0 aliphatic carbocycles. The highest BCUT2D eigenvalue weighted by molar-refractivity contribution is 8.00. The SMILES string of the molecule is O=C(CN1C(=O)CSc2ccc(C(=O)N3CCCC3)cc21)N1CCCCC1. The number of hydrogen-bond acceptors (Lipinski definition) is 4. The van der Waals surface area contributed by atoms with E-state index in [2.05, 4.69) is 0 Å². The fourth-order valence-corrected chi connectivity index (χ4v) is 4.91. The molecule has 1 aromatic rings. The molecular weight excluding hydrogens is 362 g/mol. The van der Waals surface area contributed by atoms with Crippen LogP contribution < -0.4 is 4.90 Å². The molecule has 0 N–H and O–H groups in total. The van der Waals surface area contributed by atoms with Crippen molar-refractivity contribution >= 4 is 35.2 Å². The van der Waals surface area contributed by atoms with Crippen LogP contribution in [0.4, 0.5) is 5.69 Å². The first-order valence-electron chi connectivity index (χ1n) is 9.78. The van der Waals surface area contributed by atoms with Crippen LogP contribution in [-0.2, 0) is 9.59 Å². The average Bonchev–Trinajstić information content (AvgIpc) is 3.24. The van der Waals surface area contributed by atoms with E-state index in [9.17, 15) is 14.4 Å². The number of hydrogen-bond donors (Lipinski definition) is 0. The minimum atomic E-state index is -0.0661. The average molecular weight is 388 g/mol. The van der Waals surface area contributed by atoms with Crippen molar-refractivity contribution in [2.75, 3.05) is 43.4 Å². The molecule has 144 valence electrons. The largest absolute Gasteiger partial charge is 0.341 e. The van der Waals surface area contributed by atoms with E-state index in [1.807, 2.05) is 21.9 Å². The summed E-state index contributed by atoms with van der Waals surface area (Å²) in [5.74, 6) is 0.279. The Hall–Kier alpha value is -2.02. The molecule has 0 bridgehead atoms. The summed E-state index contributed by atoms with van der Waals surface area (Å²) in [5.41, 5.74) is 1.30. The van der Waals surface area contributed by atoms with E-state index in [1.54, 1.807) is 11.0 Å². The van der Waals surface area contributed by atoms with Crippen LogP contribution >= 0.6 is 11.8 Å². The third-order valence-electron chi connectivity index (χ3n) is 5.54. The van der Waals surface area contributed by atoms with Gasteiger partial charge in [0.25, 0.3) is 5.91 Å². The predicted molar refractivity (Wildman–Crippen MR) is 105 cm³/mol. The zero-order chi connectivity index (χ0) is 18.8. The maximum Gasteiger partial charge on any atom is 0.253 e. The number of nitrogens with zero attached hydrogens (tertiary/aromatic N) is 3. The highest BCUT2D eigenvalue weighted by Gasteiger charge is 2.30. The molecule has 0 saturated carbocycles. The van der Waals surface area contributed by atoms with Gasteiger partial charge in [0.2, 0.25) is 11.8 Å². The van der Waals surface area contributed by atoms with Gasteiger partial charge in [0, 0.05) is 36.6 Å². The van der Waals surface area contributed by atoms with Crippen molar-refractivity contribution in [3.05, 3.63) is 23.8 Å². The van der Waals surface area contributed by atoms with Crippen molar-refractivity contribution in [2.45, 2.75) is 37.0 Å². The van der Waals surface area contributed by atoms with Gasteiger partial charge in [-0.3, -0.25) is 14.4 Å². The topological polar surface area (TPSA) is 60.9 Å². The Morgan fingerprint density at radius 1 is 0.926 bits per heavy atom. The molecule has 2 saturated heterocycles. The Balaban J connectivity index is 1.56. The summed E-state index contributed by atoms with van der Waals surface area (Å²) in [5, 5.41) is 0. The monoisotopic (exact) mass is 387 g/mol. The summed E-state index contributed by atoms with van der Waals surface area (Å²) in [4.78, 5) is 44.2. The third kappa shape index (κ3) is 3.83. The van der Waals surface area contributed by atoms with Crippen molar-refractivity contribution in [3.63, 3.8) is 0 Å². The van der Waals surface area contributed by atoms with Gasteiger partial charge in [-0.05, 0) is 50.3 Å². The van der Waals surface area contributed by atoms with Crippen LogP contribution in [0.1, 0.15) is 42.5 Å². The molecule has 1 aromatic carbocycles. The summed E-state index contributed by atoms with van der Waals surface area (Å²) in [6, 6.07) is 5.55. The van der Waals surface area contributed by atoms with E-state index in [-0.39, 0.29) is 24.3 Å². The lowest BCUT2D eigenvalue weighted by molar-refractivity contribution is -0.132. The first-order chi connectivity index (χ1) is 13.1. The van der Waals surface area contributed by atoms with Gasteiger partial charge in [-0.25, -0.2) is 0 Å². The Bertz CT molecular complexity index is 755. The quantitative estimate of drug-likeness (QED) is 0.799. The predicted octanol–water partition coefficient (Wildman–Crippen LogP) is 2.37. The van der Waals surface area contributed by atoms with Crippen LogP contribution in [0.5, 0.6) is 0 Å². The van der Waals surface area contributed by atoms with Crippen LogP contribution in [0.3, 0.4) is 0 Å². The van der Waals surface area contributed by atoms with Crippen molar-refractivity contribution in [2.24, 2.45) is 0 Å². The maximum atomic E-state index is 12.7. The number of carbonyl (C=O) groups is 3. The second-order valence-corrected chi connectivity index (χ2v) is 8.41. The van der Waals surface area contributed by atoms with E-state index >= 15 is 0 Å². The van der Waals surface area contributed by atoms with Crippen LogP contribution in [0.15, 0.2) is 23.1 Å². The lowest BCUT2D eigenvalue weighted by Gasteiger charge is -2.33. The molecule has 3 heterocycles. The van der Waals surface area contributed by atoms with E-state index < -0.39 is 0 Å². The molecule has 0 radical (unpaired) electrons. The van der Waals surface area contributed by atoms with Gasteiger partial charge in [-0.1, -0.05) is 0 Å². The number of rotatable bonds is 3. The molecule has 4 rings (SSSR count). The number of carbonyl (C=O) groups excluding carboxylic acids is 3. The summed E-state index contributed by atoms with van der Waals surface area (Å²) >= 11 is 1.47. The number of anilines is 1. The molecule has 2 fully saturated rings. The third-order valence-corrected chi connectivity index (χ3v) is 6.59.